The number of nitrogens with two attached hydrogens (primary N) is 1. The average molecular weight is 503 g/mol. The summed E-state index contributed by atoms with van der Waals surface area (Å²) in [5.74, 6) is -0.591. The molecule has 4 rings (SSSR count). The number of hydrogen-bond donors (Lipinski definition) is 3. The van der Waals surface area contributed by atoms with E-state index in [4.69, 9.17) is 10.2 Å². The molecule has 1 aromatic heterocycles. The SMILES string of the molecule is N[C@@H](Cc1ccccc1)C(=O)NC(Cc1cccc(CSc2nnc(-c3ccccc3)o2)c1)C(=O)O. The van der Waals surface area contributed by atoms with Gasteiger partial charge in [0.15, 0.2) is 0 Å². The number of carbonyl (C=O) groups is 2. The highest BCUT2D eigenvalue weighted by atomic mass is 32.2. The maximum Gasteiger partial charge on any atom is 0.326 e. The number of rotatable bonds is 11. The van der Waals surface area contributed by atoms with Crippen molar-refractivity contribution in [2.45, 2.75) is 35.9 Å². The van der Waals surface area contributed by atoms with Gasteiger partial charge in [-0.2, -0.15) is 0 Å². The van der Waals surface area contributed by atoms with Crippen LogP contribution < -0.4 is 11.1 Å². The van der Waals surface area contributed by atoms with Gasteiger partial charge < -0.3 is 20.6 Å². The molecule has 3 aromatic carbocycles. The lowest BCUT2D eigenvalue weighted by molar-refractivity contribution is -0.141. The van der Waals surface area contributed by atoms with Crippen molar-refractivity contribution in [3.63, 3.8) is 0 Å². The highest BCUT2D eigenvalue weighted by Crippen LogP contribution is 2.26. The minimum absolute atomic E-state index is 0.135. The Hall–Kier alpha value is -3.95. The van der Waals surface area contributed by atoms with Crippen molar-refractivity contribution in [3.05, 3.63) is 102 Å². The summed E-state index contributed by atoms with van der Waals surface area (Å²) in [6.07, 6.45) is 0.462. The Labute approximate surface area is 212 Å². The second-order valence-corrected chi connectivity index (χ2v) is 9.17. The molecule has 0 spiro atoms. The van der Waals surface area contributed by atoms with E-state index >= 15 is 0 Å². The Kier molecular flexibility index (Phi) is 8.48. The number of nitrogens with zero attached hydrogens (tertiary/aromatic N) is 2. The Morgan fingerprint density at radius 2 is 1.56 bits per heavy atom. The van der Waals surface area contributed by atoms with Crippen LogP contribution in [0.5, 0.6) is 0 Å². The minimum Gasteiger partial charge on any atom is -0.480 e. The number of aromatic nitrogens is 2. The number of carboxylic acids is 1. The molecule has 184 valence electrons. The fourth-order valence-corrected chi connectivity index (χ4v) is 4.34. The molecule has 8 nitrogen and oxygen atoms in total. The number of carbonyl (C=O) groups excluding carboxylic acids is 1. The lowest BCUT2D eigenvalue weighted by Gasteiger charge is -2.18. The zero-order chi connectivity index (χ0) is 25.3. The van der Waals surface area contributed by atoms with Crippen molar-refractivity contribution in [3.8, 4) is 11.5 Å². The molecule has 2 atom stereocenters. The van der Waals surface area contributed by atoms with Gasteiger partial charge in [-0.15, -0.1) is 10.2 Å². The molecular formula is C27H26N4O4S. The van der Waals surface area contributed by atoms with Crippen LogP contribution in [0.15, 0.2) is 94.6 Å². The molecule has 1 heterocycles. The quantitative estimate of drug-likeness (QED) is 0.265. The zero-order valence-electron chi connectivity index (χ0n) is 19.4. The molecular weight excluding hydrogens is 476 g/mol. The number of amides is 1. The van der Waals surface area contributed by atoms with Gasteiger partial charge in [0.2, 0.25) is 11.8 Å². The van der Waals surface area contributed by atoms with E-state index in [9.17, 15) is 14.7 Å². The largest absolute Gasteiger partial charge is 0.480 e. The summed E-state index contributed by atoms with van der Waals surface area (Å²) in [6.45, 7) is 0. The maximum atomic E-state index is 12.6. The van der Waals surface area contributed by atoms with Gasteiger partial charge in [0.1, 0.15) is 6.04 Å². The third-order valence-corrected chi connectivity index (χ3v) is 6.36. The summed E-state index contributed by atoms with van der Waals surface area (Å²) in [4.78, 5) is 24.4. The summed E-state index contributed by atoms with van der Waals surface area (Å²) < 4.78 is 5.73. The molecule has 36 heavy (non-hydrogen) atoms. The third kappa shape index (κ3) is 7.03. The van der Waals surface area contributed by atoms with E-state index in [2.05, 4.69) is 15.5 Å². The van der Waals surface area contributed by atoms with Gasteiger partial charge in [-0.3, -0.25) is 4.79 Å². The fourth-order valence-electron chi connectivity index (χ4n) is 3.63. The molecule has 0 aliphatic heterocycles. The summed E-state index contributed by atoms with van der Waals surface area (Å²) >= 11 is 1.40. The normalized spacial score (nSPS) is 12.6. The van der Waals surface area contributed by atoms with Crippen molar-refractivity contribution in [1.29, 1.82) is 0 Å². The summed E-state index contributed by atoms with van der Waals surface area (Å²) in [5, 5.41) is 20.9. The van der Waals surface area contributed by atoms with Crippen LogP contribution >= 0.6 is 11.8 Å². The van der Waals surface area contributed by atoms with Crippen LogP contribution in [0.3, 0.4) is 0 Å². The topological polar surface area (TPSA) is 131 Å². The highest BCUT2D eigenvalue weighted by molar-refractivity contribution is 7.98. The minimum atomic E-state index is -1.12. The Morgan fingerprint density at radius 3 is 2.28 bits per heavy atom. The molecule has 0 bridgehead atoms. The van der Waals surface area contributed by atoms with Gasteiger partial charge in [0, 0.05) is 17.7 Å². The lowest BCUT2D eigenvalue weighted by atomic mass is 10.0. The zero-order valence-corrected chi connectivity index (χ0v) is 20.2. The predicted molar refractivity (Wildman–Crippen MR) is 137 cm³/mol. The number of hydrogen-bond acceptors (Lipinski definition) is 7. The van der Waals surface area contributed by atoms with Crippen LogP contribution in [-0.4, -0.2) is 39.3 Å². The van der Waals surface area contributed by atoms with Crippen molar-refractivity contribution >= 4 is 23.6 Å². The van der Waals surface area contributed by atoms with Crippen LogP contribution in [-0.2, 0) is 28.2 Å². The smallest absolute Gasteiger partial charge is 0.326 e. The van der Waals surface area contributed by atoms with Gasteiger partial charge in [0.25, 0.3) is 5.22 Å². The fraction of sp³-hybridized carbons (Fsp3) is 0.185. The number of nitrogens with one attached hydrogen (secondary N) is 1. The van der Waals surface area contributed by atoms with E-state index in [0.29, 0.717) is 23.3 Å². The van der Waals surface area contributed by atoms with E-state index in [-0.39, 0.29) is 6.42 Å². The van der Waals surface area contributed by atoms with Gasteiger partial charge in [-0.25, -0.2) is 4.79 Å². The number of aliphatic carboxylic acids is 1. The van der Waals surface area contributed by atoms with Crippen LogP contribution in [0.2, 0.25) is 0 Å². The first kappa shape index (κ1) is 25.2. The van der Waals surface area contributed by atoms with Gasteiger partial charge in [-0.1, -0.05) is 84.6 Å². The van der Waals surface area contributed by atoms with Crippen molar-refractivity contribution < 1.29 is 19.1 Å². The molecule has 0 saturated heterocycles. The van der Waals surface area contributed by atoms with Gasteiger partial charge >= 0.3 is 5.97 Å². The second-order valence-electron chi connectivity index (χ2n) is 8.25. The molecule has 0 fully saturated rings. The summed E-state index contributed by atoms with van der Waals surface area (Å²) in [6, 6.07) is 24.5. The maximum absolute atomic E-state index is 12.6. The third-order valence-electron chi connectivity index (χ3n) is 5.47. The van der Waals surface area contributed by atoms with Crippen molar-refractivity contribution in [1.82, 2.24) is 15.5 Å². The predicted octanol–water partition coefficient (Wildman–Crippen LogP) is 3.71. The molecule has 0 aliphatic carbocycles. The van der Waals surface area contributed by atoms with Crippen molar-refractivity contribution in [2.24, 2.45) is 5.73 Å². The average Bonchev–Trinajstić information content (AvgIpc) is 3.37. The molecule has 0 saturated carbocycles. The Morgan fingerprint density at radius 1 is 0.889 bits per heavy atom. The highest BCUT2D eigenvalue weighted by Gasteiger charge is 2.24. The Balaban J connectivity index is 1.34. The monoisotopic (exact) mass is 502 g/mol. The van der Waals surface area contributed by atoms with Crippen LogP contribution in [0.25, 0.3) is 11.5 Å². The van der Waals surface area contributed by atoms with Gasteiger partial charge in [-0.05, 0) is 35.2 Å². The van der Waals surface area contributed by atoms with Gasteiger partial charge in [0.05, 0.1) is 6.04 Å². The van der Waals surface area contributed by atoms with E-state index in [1.807, 2.05) is 84.9 Å². The summed E-state index contributed by atoms with van der Waals surface area (Å²) in [7, 11) is 0. The van der Waals surface area contributed by atoms with E-state index in [0.717, 1.165) is 22.3 Å². The lowest BCUT2D eigenvalue weighted by Crippen LogP contribution is -2.50. The number of benzene rings is 3. The molecule has 4 aromatic rings. The summed E-state index contributed by atoms with van der Waals surface area (Å²) in [5.41, 5.74) is 9.53. The van der Waals surface area contributed by atoms with Crippen molar-refractivity contribution in [2.75, 3.05) is 0 Å². The number of carboxylic acid groups (broad SMARTS) is 1. The molecule has 4 N–H and O–H groups in total. The van der Waals surface area contributed by atoms with E-state index in [1.165, 1.54) is 11.8 Å². The molecule has 1 amide bonds. The molecule has 0 aliphatic rings. The second kappa shape index (κ2) is 12.1. The van der Waals surface area contributed by atoms with Crippen LogP contribution in [0.1, 0.15) is 16.7 Å². The standard InChI is InChI=1S/C27H26N4O4S/c28-22(15-18-8-3-1-4-9-18)24(32)29-23(26(33)34)16-19-10-7-11-20(14-19)17-36-27-31-30-25(35-27)21-12-5-2-6-13-21/h1-14,22-23H,15-17,28H2,(H,29,32)(H,33,34)/t22-,23?/m0/s1. The molecule has 1 unspecified atom stereocenters. The first-order valence-corrected chi connectivity index (χ1v) is 12.4. The number of thioether (sulfide) groups is 1. The Bertz CT molecular complexity index is 1300. The van der Waals surface area contributed by atoms with Crippen LogP contribution in [0, 0.1) is 0 Å². The molecule has 9 heteroatoms. The molecule has 0 radical (unpaired) electrons. The van der Waals surface area contributed by atoms with E-state index in [1.54, 1.807) is 0 Å². The van der Waals surface area contributed by atoms with Crippen LogP contribution in [0.4, 0.5) is 0 Å². The van der Waals surface area contributed by atoms with E-state index < -0.39 is 24.0 Å². The first-order chi connectivity index (χ1) is 17.5. The first-order valence-electron chi connectivity index (χ1n) is 11.4.